The van der Waals surface area contributed by atoms with Gasteiger partial charge in [-0.1, -0.05) is 12.2 Å². The fraction of sp³-hybridized carbons (Fsp3) is 0.375. The lowest BCUT2D eigenvalue weighted by Crippen LogP contribution is -2.32. The highest BCUT2D eigenvalue weighted by Crippen LogP contribution is 2.16. The van der Waals surface area contributed by atoms with Crippen LogP contribution in [0.5, 0.6) is 0 Å². The van der Waals surface area contributed by atoms with Crippen molar-refractivity contribution in [2.45, 2.75) is 32.9 Å². The minimum absolute atomic E-state index is 0.272. The van der Waals surface area contributed by atoms with E-state index in [-0.39, 0.29) is 11.5 Å². The van der Waals surface area contributed by atoms with Gasteiger partial charge in [0.05, 0.1) is 5.56 Å². The summed E-state index contributed by atoms with van der Waals surface area (Å²) in [6.45, 7) is 6.13. The molecule has 9 nitrogen and oxygen atoms in total. The molecule has 2 aromatic rings. The molecule has 0 aliphatic heterocycles. The summed E-state index contributed by atoms with van der Waals surface area (Å²) in [7, 11) is 0. The Morgan fingerprint density at radius 3 is 2.72 bits per heavy atom. The first-order valence-electron chi connectivity index (χ1n) is 7.71. The average Bonchev–Trinajstić information content (AvgIpc) is 2.80. The second-order valence-electron chi connectivity index (χ2n) is 6.37. The topological polar surface area (TPSA) is 138 Å². The SMILES string of the molecule is CC(C)(C)OC(=O)NCC=CCn1c(N)nc2cc(C(N)=O)cnc21. The van der Waals surface area contributed by atoms with Crippen molar-refractivity contribution in [3.05, 3.63) is 30.0 Å². The van der Waals surface area contributed by atoms with Gasteiger partial charge in [0, 0.05) is 19.3 Å². The van der Waals surface area contributed by atoms with Crippen LogP contribution < -0.4 is 16.8 Å². The van der Waals surface area contributed by atoms with E-state index in [1.165, 1.54) is 6.20 Å². The summed E-state index contributed by atoms with van der Waals surface area (Å²) in [6, 6.07) is 1.55. The van der Waals surface area contributed by atoms with Crippen LogP contribution in [0.2, 0.25) is 0 Å². The Labute approximate surface area is 145 Å². The molecule has 2 rings (SSSR count). The molecule has 9 heteroatoms. The highest BCUT2D eigenvalue weighted by molar-refractivity contribution is 5.95. The zero-order valence-corrected chi connectivity index (χ0v) is 14.4. The minimum Gasteiger partial charge on any atom is -0.444 e. The maximum absolute atomic E-state index is 11.5. The zero-order chi connectivity index (χ0) is 18.6. The van der Waals surface area contributed by atoms with Gasteiger partial charge in [0.15, 0.2) is 5.65 Å². The number of nitrogens with zero attached hydrogens (tertiary/aromatic N) is 3. The number of ether oxygens (including phenoxy) is 1. The van der Waals surface area contributed by atoms with Crippen LogP contribution in [0, 0.1) is 0 Å². The molecular weight excluding hydrogens is 324 g/mol. The molecule has 0 aliphatic rings. The van der Waals surface area contributed by atoms with Gasteiger partial charge in [0.2, 0.25) is 11.9 Å². The van der Waals surface area contributed by atoms with Crippen molar-refractivity contribution in [1.29, 1.82) is 0 Å². The Morgan fingerprint density at radius 2 is 2.08 bits per heavy atom. The van der Waals surface area contributed by atoms with Crippen LogP contribution in [0.1, 0.15) is 31.1 Å². The molecule has 2 heterocycles. The number of carbonyl (C=O) groups excluding carboxylic acids is 2. The van der Waals surface area contributed by atoms with E-state index in [4.69, 9.17) is 16.2 Å². The number of carbonyl (C=O) groups is 2. The maximum atomic E-state index is 11.5. The Morgan fingerprint density at radius 1 is 1.36 bits per heavy atom. The van der Waals surface area contributed by atoms with E-state index in [9.17, 15) is 9.59 Å². The number of amides is 2. The number of aromatic nitrogens is 3. The third-order valence-electron chi connectivity index (χ3n) is 3.12. The number of pyridine rings is 1. The normalized spacial score (nSPS) is 11.8. The molecule has 0 atom stereocenters. The molecule has 0 aliphatic carbocycles. The summed E-state index contributed by atoms with van der Waals surface area (Å²) in [4.78, 5) is 31.1. The minimum atomic E-state index is -0.573. The lowest BCUT2D eigenvalue weighted by molar-refractivity contribution is 0.0534. The molecule has 25 heavy (non-hydrogen) atoms. The molecule has 0 bridgehead atoms. The maximum Gasteiger partial charge on any atom is 0.407 e. The molecule has 5 N–H and O–H groups in total. The Hall–Kier alpha value is -3.10. The molecule has 0 spiro atoms. The first-order chi connectivity index (χ1) is 11.7. The molecule has 134 valence electrons. The predicted octanol–water partition coefficient (Wildman–Crippen LogP) is 1.19. The monoisotopic (exact) mass is 346 g/mol. The number of nitrogens with two attached hydrogens (primary N) is 2. The Balaban J connectivity index is 1.98. The summed E-state index contributed by atoms with van der Waals surface area (Å²) >= 11 is 0. The molecule has 2 amide bonds. The first-order valence-corrected chi connectivity index (χ1v) is 7.71. The van der Waals surface area contributed by atoms with Gasteiger partial charge in [0.25, 0.3) is 0 Å². The zero-order valence-electron chi connectivity index (χ0n) is 14.4. The summed E-state index contributed by atoms with van der Waals surface area (Å²) in [5.74, 6) is -0.301. The Bertz CT molecular complexity index is 819. The van der Waals surface area contributed by atoms with E-state index in [0.717, 1.165) is 0 Å². The van der Waals surface area contributed by atoms with E-state index < -0.39 is 17.6 Å². The third-order valence-corrected chi connectivity index (χ3v) is 3.12. The number of nitrogens with one attached hydrogen (secondary N) is 1. The lowest BCUT2D eigenvalue weighted by Gasteiger charge is -2.19. The van der Waals surface area contributed by atoms with Gasteiger partial charge in [-0.05, 0) is 26.8 Å². The Kier molecular flexibility index (Phi) is 5.26. The number of imidazole rings is 1. The van der Waals surface area contributed by atoms with Gasteiger partial charge in [-0.25, -0.2) is 14.8 Å². The smallest absolute Gasteiger partial charge is 0.407 e. The highest BCUT2D eigenvalue weighted by atomic mass is 16.6. The van der Waals surface area contributed by atoms with Crippen molar-refractivity contribution in [2.75, 3.05) is 12.3 Å². The van der Waals surface area contributed by atoms with Crippen molar-refractivity contribution in [2.24, 2.45) is 5.73 Å². The van der Waals surface area contributed by atoms with E-state index in [1.54, 1.807) is 37.5 Å². The van der Waals surface area contributed by atoms with Gasteiger partial charge in [-0.3, -0.25) is 9.36 Å². The molecule has 0 saturated heterocycles. The van der Waals surface area contributed by atoms with Gasteiger partial charge < -0.3 is 21.5 Å². The highest BCUT2D eigenvalue weighted by Gasteiger charge is 2.15. The second-order valence-corrected chi connectivity index (χ2v) is 6.37. The van der Waals surface area contributed by atoms with Crippen LogP contribution in [-0.2, 0) is 11.3 Å². The van der Waals surface area contributed by atoms with Crippen molar-refractivity contribution < 1.29 is 14.3 Å². The van der Waals surface area contributed by atoms with E-state index in [0.29, 0.717) is 24.3 Å². The number of hydrogen-bond donors (Lipinski definition) is 3. The summed E-state index contributed by atoms with van der Waals surface area (Å²) in [6.07, 6.45) is 4.49. The molecule has 0 radical (unpaired) electrons. The molecule has 0 aromatic carbocycles. The molecule has 0 saturated carbocycles. The molecule has 2 aromatic heterocycles. The van der Waals surface area contributed by atoms with Crippen molar-refractivity contribution in [3.63, 3.8) is 0 Å². The molecule has 0 fully saturated rings. The molecular formula is C16H22N6O3. The van der Waals surface area contributed by atoms with E-state index >= 15 is 0 Å². The second kappa shape index (κ2) is 7.20. The van der Waals surface area contributed by atoms with Crippen LogP contribution >= 0.6 is 0 Å². The fourth-order valence-corrected chi connectivity index (χ4v) is 2.06. The van der Waals surface area contributed by atoms with Crippen LogP contribution in [0.3, 0.4) is 0 Å². The number of rotatable bonds is 5. The number of hydrogen-bond acceptors (Lipinski definition) is 6. The number of primary amides is 1. The first kappa shape index (κ1) is 18.2. The van der Waals surface area contributed by atoms with Crippen LogP contribution in [0.25, 0.3) is 11.2 Å². The van der Waals surface area contributed by atoms with Crippen LogP contribution in [0.15, 0.2) is 24.4 Å². The lowest BCUT2D eigenvalue weighted by atomic mass is 10.2. The van der Waals surface area contributed by atoms with Crippen LogP contribution in [0.4, 0.5) is 10.7 Å². The van der Waals surface area contributed by atoms with E-state index in [2.05, 4.69) is 15.3 Å². The number of allylic oxidation sites excluding steroid dienone is 1. The standard InChI is InChI=1S/C16H22N6O3/c1-16(2,3)25-15(24)19-6-4-5-7-22-13-11(21-14(22)18)8-10(9-20-13)12(17)23/h4-5,8-9H,6-7H2,1-3H3,(H2,17,23)(H2,18,21)(H,19,24). The number of alkyl carbamates (subject to hydrolysis) is 1. The summed E-state index contributed by atoms with van der Waals surface area (Å²) in [5.41, 5.74) is 11.9. The average molecular weight is 346 g/mol. The summed E-state index contributed by atoms with van der Waals surface area (Å²) < 4.78 is 6.82. The number of fused-ring (bicyclic) bond motifs is 1. The number of anilines is 1. The fourth-order valence-electron chi connectivity index (χ4n) is 2.06. The van der Waals surface area contributed by atoms with Gasteiger partial charge in [0.1, 0.15) is 11.1 Å². The quantitative estimate of drug-likeness (QED) is 0.695. The van der Waals surface area contributed by atoms with Gasteiger partial charge in [-0.2, -0.15) is 0 Å². The van der Waals surface area contributed by atoms with Gasteiger partial charge in [-0.15, -0.1) is 0 Å². The van der Waals surface area contributed by atoms with E-state index in [1.807, 2.05) is 6.08 Å². The number of nitrogen functional groups attached to an aromatic ring is 1. The van der Waals surface area contributed by atoms with Crippen molar-refractivity contribution in [3.8, 4) is 0 Å². The van der Waals surface area contributed by atoms with Crippen molar-refractivity contribution in [1.82, 2.24) is 19.9 Å². The largest absolute Gasteiger partial charge is 0.444 e. The molecule has 0 unspecified atom stereocenters. The van der Waals surface area contributed by atoms with Gasteiger partial charge >= 0.3 is 6.09 Å². The third kappa shape index (κ3) is 4.93. The van der Waals surface area contributed by atoms with Crippen LogP contribution in [-0.4, -0.2) is 38.7 Å². The summed E-state index contributed by atoms with van der Waals surface area (Å²) in [5, 5.41) is 2.62. The predicted molar refractivity (Wildman–Crippen MR) is 93.8 cm³/mol. The van der Waals surface area contributed by atoms with Crippen molar-refractivity contribution >= 4 is 29.1 Å².